The topological polar surface area (TPSA) is 103 Å². The molecule has 4 heterocycles. The van der Waals surface area contributed by atoms with Gasteiger partial charge in [-0.2, -0.15) is 0 Å². The smallest absolute Gasteiger partial charge is 0.338 e. The zero-order valence-corrected chi connectivity index (χ0v) is 51.9. The van der Waals surface area contributed by atoms with E-state index >= 15 is 0 Å². The Labute approximate surface area is 555 Å². The van der Waals surface area contributed by atoms with Crippen LogP contribution in [0.2, 0.25) is 0 Å². The van der Waals surface area contributed by atoms with Crippen molar-refractivity contribution >= 4 is 91.0 Å². The number of esters is 2. The van der Waals surface area contributed by atoms with E-state index in [0.717, 1.165) is 100 Å². The highest BCUT2D eigenvalue weighted by Crippen LogP contribution is 2.45. The van der Waals surface area contributed by atoms with Crippen molar-refractivity contribution in [3.8, 4) is 62.1 Å². The molecule has 17 rings (SSSR count). The lowest BCUT2D eigenvalue weighted by Gasteiger charge is -2.44. The molecule has 10 nitrogen and oxygen atoms in total. The third-order valence-corrected chi connectivity index (χ3v) is 18.3. The first-order chi connectivity index (χ1) is 47.4. The Bertz CT molecular complexity index is 5290. The molecule has 0 saturated heterocycles. The van der Waals surface area contributed by atoms with Crippen molar-refractivity contribution < 1.29 is 19.1 Å². The molecule has 0 aliphatic carbocycles. The zero-order valence-electron chi connectivity index (χ0n) is 51.9. The van der Waals surface area contributed by atoms with E-state index < -0.39 is 11.9 Å². The van der Waals surface area contributed by atoms with Crippen LogP contribution in [-0.4, -0.2) is 38.2 Å². The van der Waals surface area contributed by atoms with Crippen LogP contribution in [0.25, 0.3) is 83.9 Å². The lowest BCUT2D eigenvalue weighted by Crippen LogP contribution is -2.61. The summed E-state index contributed by atoms with van der Waals surface area (Å²) in [5.74, 6) is 0.683. The third kappa shape index (κ3) is 10.4. The SMILES string of the molecule is O=C(OCc1ccccc1)c1ccc2c(c1)c1cc(C(=O)OCc3ccccc3)ccc1n2-c1ccc(-c2nc(-c3ccccc3)nc(-c3ccccc3)n2)cc1-c1ccc(-c2ccc(N3c4ccccc4B4c5ccccc5N(c5ccccc5)c5cccc3c54)cc2)cc1. The molecule has 0 fully saturated rings. The van der Waals surface area contributed by atoms with Gasteiger partial charge in [-0.05, 0) is 147 Å². The first kappa shape index (κ1) is 57.2. The maximum absolute atomic E-state index is 14.0. The molecular weight excluding hydrogens is 1180 g/mol. The van der Waals surface area contributed by atoms with E-state index in [2.05, 4.69) is 178 Å². The second kappa shape index (κ2) is 24.4. The molecule has 13 aromatic carbocycles. The van der Waals surface area contributed by atoms with E-state index in [1.165, 1.54) is 27.8 Å². The quantitative estimate of drug-likeness (QED) is 0.0778. The fourth-order valence-electron chi connectivity index (χ4n) is 13.8. The molecule has 96 heavy (non-hydrogen) atoms. The fraction of sp³-hybridized carbons (Fsp3) is 0.0235. The number of carbonyl (C=O) groups excluding carboxylic acids is 2. The van der Waals surface area contributed by atoms with Gasteiger partial charge < -0.3 is 23.8 Å². The number of fused-ring (bicyclic) bond motifs is 7. The number of carbonyl (C=O) groups is 2. The second-order valence-corrected chi connectivity index (χ2v) is 24.1. The van der Waals surface area contributed by atoms with Crippen LogP contribution in [0, 0.1) is 0 Å². The molecule has 11 heteroatoms. The molecule has 2 aliphatic rings. The number of para-hydroxylation sites is 3. The van der Waals surface area contributed by atoms with Crippen LogP contribution in [-0.2, 0) is 22.7 Å². The summed E-state index contributed by atoms with van der Waals surface area (Å²) in [6.07, 6.45) is 0. The molecule has 0 spiro atoms. The minimum Gasteiger partial charge on any atom is -0.457 e. The van der Waals surface area contributed by atoms with E-state index in [-0.39, 0.29) is 19.9 Å². The summed E-state index contributed by atoms with van der Waals surface area (Å²) in [6.45, 7) is 0.283. The van der Waals surface area contributed by atoms with Crippen molar-refractivity contribution in [2.24, 2.45) is 0 Å². The number of hydrogen-bond acceptors (Lipinski definition) is 9. The molecule has 0 saturated carbocycles. The van der Waals surface area contributed by atoms with Gasteiger partial charge in [0.2, 0.25) is 0 Å². The van der Waals surface area contributed by atoms with Crippen molar-refractivity contribution in [1.82, 2.24) is 19.5 Å². The van der Waals surface area contributed by atoms with Crippen LogP contribution >= 0.6 is 0 Å². The predicted octanol–water partition coefficient (Wildman–Crippen LogP) is 18.1. The Morgan fingerprint density at radius 1 is 0.323 bits per heavy atom. The van der Waals surface area contributed by atoms with Gasteiger partial charge in [0, 0.05) is 67.2 Å². The Morgan fingerprint density at radius 3 is 1.22 bits per heavy atom. The molecule has 0 atom stereocenters. The molecule has 0 radical (unpaired) electrons. The Kier molecular flexibility index (Phi) is 14.5. The van der Waals surface area contributed by atoms with Crippen molar-refractivity contribution in [3.63, 3.8) is 0 Å². The van der Waals surface area contributed by atoms with Gasteiger partial charge in [0.05, 0.1) is 27.8 Å². The normalized spacial score (nSPS) is 12.1. The van der Waals surface area contributed by atoms with Gasteiger partial charge in [-0.25, -0.2) is 24.5 Å². The molecule has 0 N–H and O–H groups in total. The van der Waals surface area contributed by atoms with Gasteiger partial charge >= 0.3 is 11.9 Å². The number of aromatic nitrogens is 4. The van der Waals surface area contributed by atoms with Gasteiger partial charge in [0.25, 0.3) is 6.71 Å². The van der Waals surface area contributed by atoms with Gasteiger partial charge in [0.1, 0.15) is 13.2 Å². The van der Waals surface area contributed by atoms with Crippen LogP contribution in [0.5, 0.6) is 0 Å². The molecule has 0 unspecified atom stereocenters. The van der Waals surface area contributed by atoms with E-state index in [4.69, 9.17) is 24.4 Å². The highest BCUT2D eigenvalue weighted by Gasteiger charge is 2.43. The molecule has 454 valence electrons. The molecule has 0 amide bonds. The lowest BCUT2D eigenvalue weighted by molar-refractivity contribution is 0.0464. The highest BCUT2D eigenvalue weighted by atomic mass is 16.5. The standard InChI is InChI=1S/C85H57BN6O4/c93-84(95-54-56-21-6-1-7-22-56)64-44-49-74-69(52-64)70-53-65(85(94)96-55-57-23-8-2-9-24-57)45-50-75(70)92(74)73-48-43-63(83-88-81(61-25-10-3-11-26-61)87-82(89-83)62-27-12-4-13-28-62)51-68(73)60-39-37-58(38-40-60)59-41-46-67(47-42-59)91-77-34-19-17-32-72(77)86-71-31-16-18-33-76(71)90(66-29-14-5-15-30-66)78-35-20-36-79(91)80(78)86/h1-53H,54-55H2. The lowest BCUT2D eigenvalue weighted by atomic mass is 9.33. The van der Waals surface area contributed by atoms with E-state index in [9.17, 15) is 9.59 Å². The van der Waals surface area contributed by atoms with Gasteiger partial charge in [-0.15, -0.1) is 0 Å². The summed E-state index contributed by atoms with van der Waals surface area (Å²) in [7, 11) is 0. The summed E-state index contributed by atoms with van der Waals surface area (Å²) in [5.41, 5.74) is 22.1. The van der Waals surface area contributed by atoms with Gasteiger partial charge in [0.15, 0.2) is 17.5 Å². The average Bonchev–Trinajstić information content (AvgIpc) is 0.814. The van der Waals surface area contributed by atoms with Crippen molar-refractivity contribution in [1.29, 1.82) is 0 Å². The zero-order chi connectivity index (χ0) is 64.1. The second-order valence-electron chi connectivity index (χ2n) is 24.1. The highest BCUT2D eigenvalue weighted by molar-refractivity contribution is 7.00. The first-order valence-electron chi connectivity index (χ1n) is 32.1. The van der Waals surface area contributed by atoms with Crippen molar-refractivity contribution in [2.75, 3.05) is 9.80 Å². The van der Waals surface area contributed by atoms with Crippen LogP contribution in [0.4, 0.5) is 34.1 Å². The minimum atomic E-state index is -0.464. The van der Waals surface area contributed by atoms with Crippen LogP contribution in [0.1, 0.15) is 31.8 Å². The summed E-state index contributed by atoms with van der Waals surface area (Å²) < 4.78 is 14.0. The van der Waals surface area contributed by atoms with Crippen molar-refractivity contribution in [3.05, 3.63) is 344 Å². The number of rotatable bonds is 14. The largest absolute Gasteiger partial charge is 0.457 e. The first-order valence-corrected chi connectivity index (χ1v) is 32.1. The van der Waals surface area contributed by atoms with Gasteiger partial charge in [-0.3, -0.25) is 0 Å². The van der Waals surface area contributed by atoms with E-state index in [0.29, 0.717) is 28.6 Å². The maximum Gasteiger partial charge on any atom is 0.338 e. The van der Waals surface area contributed by atoms with E-state index in [1.54, 1.807) is 0 Å². The number of benzene rings is 13. The average molecular weight is 1240 g/mol. The number of anilines is 6. The monoisotopic (exact) mass is 1240 g/mol. The summed E-state index contributed by atoms with van der Waals surface area (Å²) >= 11 is 0. The molecule has 0 bridgehead atoms. The van der Waals surface area contributed by atoms with Crippen molar-refractivity contribution in [2.45, 2.75) is 13.2 Å². The number of hydrogen-bond donors (Lipinski definition) is 0. The fourth-order valence-corrected chi connectivity index (χ4v) is 13.8. The van der Waals surface area contributed by atoms with Crippen LogP contribution in [0.15, 0.2) is 322 Å². The number of ether oxygens (including phenoxy) is 2. The Morgan fingerprint density at radius 2 is 0.719 bits per heavy atom. The van der Waals surface area contributed by atoms with Crippen LogP contribution < -0.4 is 26.2 Å². The number of nitrogens with zero attached hydrogens (tertiary/aromatic N) is 6. The molecule has 15 aromatic rings. The summed E-state index contributed by atoms with van der Waals surface area (Å²) in [6, 6.07) is 110. The maximum atomic E-state index is 14.0. The summed E-state index contributed by atoms with van der Waals surface area (Å²) in [4.78, 5) is 48.3. The van der Waals surface area contributed by atoms with E-state index in [1.807, 2.05) is 158 Å². The summed E-state index contributed by atoms with van der Waals surface area (Å²) in [5, 5.41) is 1.50. The molecule has 2 aromatic heterocycles. The van der Waals surface area contributed by atoms with Crippen LogP contribution in [0.3, 0.4) is 0 Å². The Balaban J connectivity index is 0.784. The third-order valence-electron chi connectivity index (χ3n) is 18.3. The predicted molar refractivity (Wildman–Crippen MR) is 386 cm³/mol. The minimum absolute atomic E-state index is 0.0486. The molecular formula is C85H57BN6O4. The van der Waals surface area contributed by atoms with Gasteiger partial charge in [-0.1, -0.05) is 218 Å². The molecule has 2 aliphatic heterocycles. The Hall–Kier alpha value is -12.7.